The van der Waals surface area contributed by atoms with Crippen molar-refractivity contribution >= 4 is 0 Å². The van der Waals surface area contributed by atoms with Gasteiger partial charge in [-0.25, -0.2) is 0 Å². The van der Waals surface area contributed by atoms with Crippen molar-refractivity contribution in [2.45, 2.75) is 41.5 Å². The molecule has 1 heteroatoms. The molecule has 1 aliphatic carbocycles. The Hall–Kier alpha value is -1.24. The second kappa shape index (κ2) is 4.32. The van der Waals surface area contributed by atoms with Crippen molar-refractivity contribution in [3.8, 4) is 0 Å². The normalized spacial score (nSPS) is 18.2. The highest BCUT2D eigenvalue weighted by Crippen LogP contribution is 2.41. The summed E-state index contributed by atoms with van der Waals surface area (Å²) in [4.78, 5) is 0. The molecule has 0 unspecified atom stereocenters. The predicted molar refractivity (Wildman–Crippen MR) is 71.9 cm³/mol. The fraction of sp³-hybridized carbons (Fsp3) is 0.467. The average Bonchev–Trinajstić information content (AvgIpc) is 2.27. The summed E-state index contributed by atoms with van der Waals surface area (Å²) < 4.78 is 0. The lowest BCUT2D eigenvalue weighted by Gasteiger charge is -2.18. The van der Waals surface area contributed by atoms with Crippen molar-refractivity contribution in [1.82, 2.24) is 5.32 Å². The molecular weight excluding hydrogens is 194 g/mol. The van der Waals surface area contributed by atoms with Crippen LogP contribution >= 0.6 is 0 Å². The Morgan fingerprint density at radius 2 is 1.88 bits per heavy atom. The van der Waals surface area contributed by atoms with Crippen LogP contribution in [0.1, 0.15) is 41.5 Å². The molecule has 1 rings (SSSR count). The Kier molecular flexibility index (Phi) is 3.47. The Bertz CT molecular complexity index is 399. The van der Waals surface area contributed by atoms with Gasteiger partial charge in [0.05, 0.1) is 0 Å². The van der Waals surface area contributed by atoms with Gasteiger partial charge < -0.3 is 5.32 Å². The second-order valence-electron chi connectivity index (χ2n) is 5.45. The summed E-state index contributed by atoms with van der Waals surface area (Å²) in [6, 6.07) is 0. The fourth-order valence-electron chi connectivity index (χ4n) is 2.12. The van der Waals surface area contributed by atoms with Gasteiger partial charge in [0.25, 0.3) is 0 Å². The minimum absolute atomic E-state index is 0.110. The molecule has 0 bridgehead atoms. The summed E-state index contributed by atoms with van der Waals surface area (Å²) in [5, 5.41) is 3.33. The van der Waals surface area contributed by atoms with Crippen molar-refractivity contribution in [1.29, 1.82) is 0 Å². The Morgan fingerprint density at radius 1 is 1.31 bits per heavy atom. The van der Waals surface area contributed by atoms with Crippen LogP contribution in [0, 0.1) is 5.41 Å². The topological polar surface area (TPSA) is 12.0 Å². The van der Waals surface area contributed by atoms with Crippen molar-refractivity contribution in [3.63, 3.8) is 0 Å². The van der Waals surface area contributed by atoms with Gasteiger partial charge >= 0.3 is 0 Å². The van der Waals surface area contributed by atoms with E-state index in [1.165, 1.54) is 22.4 Å². The molecule has 0 atom stereocenters. The maximum atomic E-state index is 3.90. The molecule has 0 aromatic heterocycles. The highest BCUT2D eigenvalue weighted by molar-refractivity contribution is 5.51. The summed E-state index contributed by atoms with van der Waals surface area (Å²) in [6.45, 7) is 16.8. The molecule has 1 nitrogen and oxygen atoms in total. The number of hydrogen-bond acceptors (Lipinski definition) is 1. The molecule has 0 fully saturated rings. The first-order valence-corrected chi connectivity index (χ1v) is 5.76. The minimum Gasteiger partial charge on any atom is -0.360 e. The fourth-order valence-corrected chi connectivity index (χ4v) is 2.12. The summed E-state index contributed by atoms with van der Waals surface area (Å²) in [7, 11) is 0. The van der Waals surface area contributed by atoms with E-state index in [1.807, 2.05) is 6.92 Å². The largest absolute Gasteiger partial charge is 0.360 e. The summed E-state index contributed by atoms with van der Waals surface area (Å²) >= 11 is 0. The van der Waals surface area contributed by atoms with Gasteiger partial charge in [0.15, 0.2) is 0 Å². The molecule has 0 spiro atoms. The summed E-state index contributed by atoms with van der Waals surface area (Å²) in [5.41, 5.74) is 6.36. The van der Waals surface area contributed by atoms with Gasteiger partial charge in [-0.3, -0.25) is 0 Å². The molecular formula is C15H23N. The van der Waals surface area contributed by atoms with E-state index in [9.17, 15) is 0 Å². The van der Waals surface area contributed by atoms with E-state index in [1.54, 1.807) is 0 Å². The Balaban J connectivity index is 3.14. The zero-order chi connectivity index (χ0) is 12.5. The highest BCUT2D eigenvalue weighted by Gasteiger charge is 2.29. The lowest BCUT2D eigenvalue weighted by atomic mass is 9.85. The van der Waals surface area contributed by atoms with Gasteiger partial charge in [-0.2, -0.15) is 0 Å². The first kappa shape index (κ1) is 12.8. The van der Waals surface area contributed by atoms with Gasteiger partial charge in [0.2, 0.25) is 0 Å². The van der Waals surface area contributed by atoms with E-state index in [2.05, 4.69) is 58.7 Å². The minimum atomic E-state index is 0.110. The molecule has 1 aliphatic rings. The van der Waals surface area contributed by atoms with E-state index in [-0.39, 0.29) is 5.41 Å². The van der Waals surface area contributed by atoms with Crippen LogP contribution in [0.5, 0.6) is 0 Å². The molecule has 16 heavy (non-hydrogen) atoms. The van der Waals surface area contributed by atoms with E-state index in [4.69, 9.17) is 0 Å². The van der Waals surface area contributed by atoms with Crippen molar-refractivity contribution < 1.29 is 0 Å². The molecule has 0 aromatic rings. The Morgan fingerprint density at radius 3 is 2.31 bits per heavy atom. The van der Waals surface area contributed by atoms with E-state index >= 15 is 0 Å². The smallest absolute Gasteiger partial charge is 0.0382 e. The first-order chi connectivity index (χ1) is 7.24. The monoisotopic (exact) mass is 217 g/mol. The maximum Gasteiger partial charge on any atom is 0.0382 e. The van der Waals surface area contributed by atoms with Crippen molar-refractivity contribution in [2.75, 3.05) is 0 Å². The zero-order valence-corrected chi connectivity index (χ0v) is 11.4. The second-order valence-corrected chi connectivity index (χ2v) is 5.45. The van der Waals surface area contributed by atoms with Gasteiger partial charge in [-0.05, 0) is 38.8 Å². The lowest BCUT2D eigenvalue weighted by molar-refractivity contribution is 0.601. The summed E-state index contributed by atoms with van der Waals surface area (Å²) in [6.07, 6.45) is 4.56. The molecule has 0 aromatic carbocycles. The number of hydrogen-bond donors (Lipinski definition) is 1. The van der Waals surface area contributed by atoms with Crippen LogP contribution in [0.15, 0.2) is 46.8 Å². The number of rotatable bonds is 3. The zero-order valence-electron chi connectivity index (χ0n) is 11.4. The average molecular weight is 217 g/mol. The van der Waals surface area contributed by atoms with E-state index in [0.29, 0.717) is 0 Å². The first-order valence-electron chi connectivity index (χ1n) is 5.76. The Labute approximate surface area is 99.6 Å². The molecule has 0 amide bonds. The van der Waals surface area contributed by atoms with Crippen LogP contribution in [-0.2, 0) is 0 Å². The van der Waals surface area contributed by atoms with Gasteiger partial charge in [-0.1, -0.05) is 38.2 Å². The van der Waals surface area contributed by atoms with Gasteiger partial charge in [0.1, 0.15) is 0 Å². The molecule has 0 saturated heterocycles. The summed E-state index contributed by atoms with van der Waals surface area (Å²) in [5.74, 6) is 0. The van der Waals surface area contributed by atoms with Crippen LogP contribution in [-0.4, -0.2) is 0 Å². The number of allylic oxidation sites excluding steroid dienone is 6. The van der Waals surface area contributed by atoms with E-state index < -0.39 is 0 Å². The van der Waals surface area contributed by atoms with Crippen LogP contribution in [0.4, 0.5) is 0 Å². The third-order valence-electron chi connectivity index (χ3n) is 2.79. The maximum absolute atomic E-state index is 3.90. The molecule has 1 N–H and O–H groups in total. The molecule has 0 heterocycles. The lowest BCUT2D eigenvalue weighted by Crippen LogP contribution is -2.09. The molecule has 0 aliphatic heterocycles. The molecule has 0 saturated carbocycles. The predicted octanol–water partition coefficient (Wildman–Crippen LogP) is 4.32. The van der Waals surface area contributed by atoms with Gasteiger partial charge in [0, 0.05) is 16.8 Å². The van der Waals surface area contributed by atoms with Crippen LogP contribution in [0.3, 0.4) is 0 Å². The van der Waals surface area contributed by atoms with Crippen molar-refractivity contribution in [3.05, 3.63) is 46.8 Å². The van der Waals surface area contributed by atoms with Crippen LogP contribution in [0.25, 0.3) is 0 Å². The standard InChI is InChI=1S/C15H23N/c1-10(2)8-13-12(5)14(16-11(3)4)9-15(13,6)7/h8-9,16H,3H2,1-2,4-7H3. The SMILES string of the molecule is C=C(C)NC1=CC(C)(C)C(C=C(C)C)=C1C. The third kappa shape index (κ3) is 2.66. The third-order valence-corrected chi connectivity index (χ3v) is 2.79. The van der Waals surface area contributed by atoms with E-state index in [0.717, 1.165) is 5.70 Å². The molecule has 0 radical (unpaired) electrons. The van der Waals surface area contributed by atoms with Gasteiger partial charge in [-0.15, -0.1) is 0 Å². The highest BCUT2D eigenvalue weighted by atomic mass is 14.9. The quantitative estimate of drug-likeness (QED) is 0.742. The number of nitrogens with one attached hydrogen (secondary N) is 1. The molecule has 88 valence electrons. The van der Waals surface area contributed by atoms with Crippen LogP contribution in [0.2, 0.25) is 0 Å². The van der Waals surface area contributed by atoms with Crippen molar-refractivity contribution in [2.24, 2.45) is 5.41 Å². The van der Waals surface area contributed by atoms with Crippen LogP contribution < -0.4 is 5.32 Å².